The molecule has 1 amide bonds. The van der Waals surface area contributed by atoms with E-state index in [4.69, 9.17) is 0 Å². The van der Waals surface area contributed by atoms with E-state index in [9.17, 15) is 14.9 Å². The van der Waals surface area contributed by atoms with Crippen molar-refractivity contribution < 1.29 is 9.72 Å². The first-order chi connectivity index (χ1) is 15.6. The van der Waals surface area contributed by atoms with Crippen LogP contribution in [0.25, 0.3) is 0 Å². The van der Waals surface area contributed by atoms with Crippen LogP contribution in [-0.2, 0) is 4.79 Å². The van der Waals surface area contributed by atoms with Crippen LogP contribution in [0.5, 0.6) is 0 Å². The highest BCUT2D eigenvalue weighted by atomic mass is 32.2. The number of hydrogen-bond acceptors (Lipinski definition) is 8. The molecule has 1 aromatic heterocycles. The normalized spacial score (nSPS) is 18.9. The Morgan fingerprint density at radius 2 is 1.69 bits per heavy atom. The summed E-state index contributed by atoms with van der Waals surface area (Å²) in [5.41, 5.74) is 1.04. The lowest BCUT2D eigenvalue weighted by atomic mass is 10.2. The number of hydrogen-bond donors (Lipinski definition) is 0. The number of nitro groups is 1. The second-order valence-electron chi connectivity index (χ2n) is 8.51. The van der Waals surface area contributed by atoms with Crippen LogP contribution in [0.2, 0.25) is 0 Å². The molecule has 1 aromatic carbocycles. The van der Waals surface area contributed by atoms with Crippen molar-refractivity contribution >= 4 is 35.0 Å². The minimum Gasteiger partial charge on any atom is -0.368 e. The van der Waals surface area contributed by atoms with Crippen molar-refractivity contribution in [3.05, 3.63) is 34.4 Å². The SMILES string of the molecule is O=C(CSc1nnc(N2CCCC2)n1C1CC1)N1CCN(c2ccc([N+](=O)[O-])cc2)CC1. The molecule has 3 aliphatic rings. The first kappa shape index (κ1) is 21.0. The Hall–Kier alpha value is -2.82. The first-order valence-corrected chi connectivity index (χ1v) is 12.2. The highest BCUT2D eigenvalue weighted by Crippen LogP contribution is 2.41. The summed E-state index contributed by atoms with van der Waals surface area (Å²) in [6.07, 6.45) is 4.71. The molecular formula is C21H27N7O3S. The van der Waals surface area contributed by atoms with Crippen LogP contribution < -0.4 is 9.80 Å². The molecule has 3 fully saturated rings. The molecule has 170 valence electrons. The van der Waals surface area contributed by atoms with Crippen LogP contribution in [0, 0.1) is 10.1 Å². The van der Waals surface area contributed by atoms with Gasteiger partial charge in [-0.3, -0.25) is 19.5 Å². The van der Waals surface area contributed by atoms with Gasteiger partial charge in [0.2, 0.25) is 11.9 Å². The Bertz CT molecular complexity index is 978. The van der Waals surface area contributed by atoms with Crippen molar-refractivity contribution in [3.8, 4) is 0 Å². The summed E-state index contributed by atoms with van der Waals surface area (Å²) >= 11 is 1.49. The highest BCUT2D eigenvalue weighted by Gasteiger charge is 2.33. The monoisotopic (exact) mass is 457 g/mol. The maximum atomic E-state index is 12.8. The van der Waals surface area contributed by atoms with E-state index in [2.05, 4.69) is 24.6 Å². The summed E-state index contributed by atoms with van der Waals surface area (Å²) in [5.74, 6) is 1.45. The van der Waals surface area contributed by atoms with E-state index >= 15 is 0 Å². The van der Waals surface area contributed by atoms with E-state index in [-0.39, 0.29) is 11.6 Å². The standard InChI is InChI=1S/C21H27N7O3S/c29-19(25-13-11-24(12-14-25)16-3-7-18(8-4-16)28(30)31)15-32-21-23-22-20(26-9-1-2-10-26)27(21)17-5-6-17/h3-4,7-8,17H,1-2,5-6,9-15H2. The third kappa shape index (κ3) is 4.38. The number of carbonyl (C=O) groups excluding carboxylic acids is 1. The molecule has 11 heteroatoms. The van der Waals surface area contributed by atoms with Gasteiger partial charge in [0, 0.05) is 63.1 Å². The van der Waals surface area contributed by atoms with Crippen molar-refractivity contribution in [1.29, 1.82) is 0 Å². The molecule has 2 aromatic rings. The average Bonchev–Trinajstić information content (AvgIpc) is 3.33. The fourth-order valence-corrected chi connectivity index (χ4v) is 5.27. The quantitative estimate of drug-likeness (QED) is 0.355. The van der Waals surface area contributed by atoms with Crippen molar-refractivity contribution in [2.45, 2.75) is 36.9 Å². The second kappa shape index (κ2) is 8.97. The van der Waals surface area contributed by atoms with Crippen LogP contribution in [0.4, 0.5) is 17.3 Å². The number of non-ortho nitro benzene ring substituents is 1. The molecule has 32 heavy (non-hydrogen) atoms. The van der Waals surface area contributed by atoms with Crippen LogP contribution in [0.3, 0.4) is 0 Å². The van der Waals surface area contributed by atoms with Crippen molar-refractivity contribution in [3.63, 3.8) is 0 Å². The van der Waals surface area contributed by atoms with Gasteiger partial charge in [0.1, 0.15) is 0 Å². The third-order valence-electron chi connectivity index (χ3n) is 6.33. The highest BCUT2D eigenvalue weighted by molar-refractivity contribution is 7.99. The third-order valence-corrected chi connectivity index (χ3v) is 7.26. The number of aromatic nitrogens is 3. The predicted molar refractivity (Wildman–Crippen MR) is 122 cm³/mol. The van der Waals surface area contributed by atoms with Crippen molar-refractivity contribution in [2.75, 3.05) is 54.8 Å². The van der Waals surface area contributed by atoms with Gasteiger partial charge < -0.3 is 14.7 Å². The molecule has 0 bridgehead atoms. The summed E-state index contributed by atoms with van der Waals surface area (Å²) < 4.78 is 2.25. The molecule has 0 radical (unpaired) electrons. The van der Waals surface area contributed by atoms with Crippen LogP contribution in [0.15, 0.2) is 29.4 Å². The summed E-state index contributed by atoms with van der Waals surface area (Å²) in [4.78, 5) is 29.6. The maximum Gasteiger partial charge on any atom is 0.269 e. The number of nitro benzene ring substituents is 1. The summed E-state index contributed by atoms with van der Waals surface area (Å²) in [5, 5.41) is 20.6. The predicted octanol–water partition coefficient (Wildman–Crippen LogP) is 2.56. The Labute approximate surface area is 190 Å². The Morgan fingerprint density at radius 1 is 1.00 bits per heavy atom. The molecule has 0 spiro atoms. The molecule has 5 rings (SSSR count). The van der Waals surface area contributed by atoms with Gasteiger partial charge in [-0.25, -0.2) is 0 Å². The van der Waals surface area contributed by atoms with Crippen LogP contribution in [-0.4, -0.2) is 75.5 Å². The molecule has 2 aliphatic heterocycles. The van der Waals surface area contributed by atoms with Crippen LogP contribution >= 0.6 is 11.8 Å². The zero-order chi connectivity index (χ0) is 22.1. The second-order valence-corrected chi connectivity index (χ2v) is 9.45. The summed E-state index contributed by atoms with van der Waals surface area (Å²) in [6, 6.07) is 7.07. The zero-order valence-electron chi connectivity index (χ0n) is 17.9. The van der Waals surface area contributed by atoms with E-state index < -0.39 is 4.92 Å². The number of benzene rings is 1. The Balaban J connectivity index is 1.15. The summed E-state index contributed by atoms with van der Waals surface area (Å²) in [7, 11) is 0. The Morgan fingerprint density at radius 3 is 2.31 bits per heavy atom. The van der Waals surface area contributed by atoms with E-state index in [1.165, 1.54) is 36.7 Å². The Kier molecular flexibility index (Phi) is 5.90. The van der Waals surface area contributed by atoms with Gasteiger partial charge >= 0.3 is 0 Å². The van der Waals surface area contributed by atoms with Gasteiger partial charge in [-0.05, 0) is 37.8 Å². The average molecular weight is 458 g/mol. The van der Waals surface area contributed by atoms with Gasteiger partial charge in [-0.15, -0.1) is 10.2 Å². The lowest BCUT2D eigenvalue weighted by molar-refractivity contribution is -0.384. The molecular weight excluding hydrogens is 430 g/mol. The fourth-order valence-electron chi connectivity index (χ4n) is 4.37. The molecule has 1 aliphatic carbocycles. The van der Waals surface area contributed by atoms with Crippen LogP contribution in [0.1, 0.15) is 31.7 Å². The lowest BCUT2D eigenvalue weighted by Gasteiger charge is -2.36. The number of rotatable bonds is 7. The lowest BCUT2D eigenvalue weighted by Crippen LogP contribution is -2.49. The number of nitrogens with zero attached hydrogens (tertiary/aromatic N) is 7. The first-order valence-electron chi connectivity index (χ1n) is 11.2. The van der Waals surface area contributed by atoms with Crippen molar-refractivity contribution in [1.82, 2.24) is 19.7 Å². The van der Waals surface area contributed by atoms with E-state index in [1.54, 1.807) is 12.1 Å². The fraction of sp³-hybridized carbons (Fsp3) is 0.571. The van der Waals surface area contributed by atoms with Gasteiger partial charge in [-0.1, -0.05) is 11.8 Å². The molecule has 0 unspecified atom stereocenters. The number of carbonyl (C=O) groups is 1. The van der Waals surface area contributed by atoms with E-state index in [1.807, 2.05) is 4.90 Å². The number of amides is 1. The maximum absolute atomic E-state index is 12.8. The molecule has 0 N–H and O–H groups in total. The zero-order valence-corrected chi connectivity index (χ0v) is 18.7. The topological polar surface area (TPSA) is 101 Å². The van der Waals surface area contributed by atoms with Gasteiger partial charge in [0.25, 0.3) is 5.69 Å². The van der Waals surface area contributed by atoms with E-state index in [0.29, 0.717) is 38.0 Å². The number of anilines is 2. The minimum atomic E-state index is -0.393. The van der Waals surface area contributed by atoms with Gasteiger partial charge in [0.15, 0.2) is 5.16 Å². The number of thioether (sulfide) groups is 1. The molecule has 0 atom stereocenters. The smallest absolute Gasteiger partial charge is 0.269 e. The summed E-state index contributed by atoms with van der Waals surface area (Å²) in [6.45, 7) is 4.79. The molecule has 1 saturated carbocycles. The molecule has 2 saturated heterocycles. The van der Waals surface area contributed by atoms with Crippen molar-refractivity contribution in [2.24, 2.45) is 0 Å². The van der Waals surface area contributed by atoms with Gasteiger partial charge in [0.05, 0.1) is 10.7 Å². The molecule has 3 heterocycles. The largest absolute Gasteiger partial charge is 0.368 e. The molecule has 10 nitrogen and oxygen atoms in total. The van der Waals surface area contributed by atoms with E-state index in [0.717, 1.165) is 42.7 Å². The van der Waals surface area contributed by atoms with Gasteiger partial charge in [-0.2, -0.15) is 0 Å². The minimum absolute atomic E-state index is 0.0894. The number of piperazine rings is 1.